The van der Waals surface area contributed by atoms with E-state index in [1.165, 1.54) is 5.56 Å². The first kappa shape index (κ1) is 11.0. The van der Waals surface area contributed by atoms with Crippen molar-refractivity contribution < 1.29 is 4.74 Å². The number of hydrogen-bond donors (Lipinski definition) is 1. The number of nitrogens with zero attached hydrogens (tertiary/aromatic N) is 1. The average molecular weight is 271 g/mol. The molecule has 1 fully saturated rings. The average Bonchev–Trinajstić information content (AvgIpc) is 2.18. The van der Waals surface area contributed by atoms with Crippen LogP contribution in [0.4, 0.5) is 0 Å². The molecule has 1 aliphatic rings. The van der Waals surface area contributed by atoms with Crippen LogP contribution < -0.4 is 5.73 Å². The van der Waals surface area contributed by atoms with Crippen LogP contribution in [0.2, 0.25) is 0 Å². The lowest BCUT2D eigenvalue weighted by Gasteiger charge is -2.33. The summed E-state index contributed by atoms with van der Waals surface area (Å²) in [6.45, 7) is 1.55. The molecule has 1 aromatic heterocycles. The van der Waals surface area contributed by atoms with E-state index in [4.69, 9.17) is 10.5 Å². The third-order valence-corrected chi connectivity index (χ3v) is 3.24. The summed E-state index contributed by atoms with van der Waals surface area (Å²) in [5.41, 5.74) is 7.40. The summed E-state index contributed by atoms with van der Waals surface area (Å²) in [4.78, 5) is 4.15. The maximum atomic E-state index is 6.32. The lowest BCUT2D eigenvalue weighted by atomic mass is 9.85. The Kier molecular flexibility index (Phi) is 3.38. The second-order valence-corrected chi connectivity index (χ2v) is 5.08. The Bertz CT molecular complexity index is 337. The van der Waals surface area contributed by atoms with Crippen LogP contribution >= 0.6 is 15.9 Å². The standard InChI is InChI=1S/C11H15BrN2O/c12-10-5-9(7-14-8-10)6-11(13)1-3-15-4-2-11/h5,7-8H,1-4,6,13H2. The Morgan fingerprint density at radius 1 is 1.40 bits per heavy atom. The maximum Gasteiger partial charge on any atom is 0.0483 e. The Balaban J connectivity index is 2.06. The molecule has 82 valence electrons. The largest absolute Gasteiger partial charge is 0.381 e. The number of nitrogens with two attached hydrogens (primary N) is 1. The first-order valence-electron chi connectivity index (χ1n) is 5.14. The number of halogens is 1. The van der Waals surface area contributed by atoms with Crippen molar-refractivity contribution in [2.45, 2.75) is 24.8 Å². The molecule has 0 saturated carbocycles. The molecule has 0 aliphatic carbocycles. The molecule has 0 radical (unpaired) electrons. The molecule has 2 N–H and O–H groups in total. The lowest BCUT2D eigenvalue weighted by molar-refractivity contribution is 0.0533. The van der Waals surface area contributed by atoms with Gasteiger partial charge in [-0.25, -0.2) is 0 Å². The number of rotatable bonds is 2. The second-order valence-electron chi connectivity index (χ2n) is 4.16. The van der Waals surface area contributed by atoms with E-state index in [9.17, 15) is 0 Å². The SMILES string of the molecule is NC1(Cc2cncc(Br)c2)CCOCC1. The van der Waals surface area contributed by atoms with Crippen molar-refractivity contribution >= 4 is 15.9 Å². The van der Waals surface area contributed by atoms with Crippen LogP contribution in [-0.2, 0) is 11.2 Å². The fourth-order valence-electron chi connectivity index (χ4n) is 1.91. The predicted molar refractivity (Wildman–Crippen MR) is 62.6 cm³/mol. The minimum atomic E-state index is -0.110. The smallest absolute Gasteiger partial charge is 0.0483 e. The van der Waals surface area contributed by atoms with Gasteiger partial charge in [0.2, 0.25) is 0 Å². The molecule has 1 aromatic rings. The second kappa shape index (κ2) is 4.60. The summed E-state index contributed by atoms with van der Waals surface area (Å²) in [5.74, 6) is 0. The van der Waals surface area contributed by atoms with Crippen molar-refractivity contribution in [2.24, 2.45) is 5.73 Å². The zero-order chi connectivity index (χ0) is 10.7. The molecule has 0 bridgehead atoms. The number of hydrogen-bond acceptors (Lipinski definition) is 3. The molecule has 0 unspecified atom stereocenters. The summed E-state index contributed by atoms with van der Waals surface area (Å²) in [6, 6.07) is 2.08. The molecule has 2 heterocycles. The molecule has 2 rings (SSSR count). The van der Waals surface area contributed by atoms with Crippen molar-refractivity contribution in [1.29, 1.82) is 0 Å². The Labute approximate surface area is 98.2 Å². The highest BCUT2D eigenvalue weighted by atomic mass is 79.9. The fourth-order valence-corrected chi connectivity index (χ4v) is 2.33. The number of ether oxygens (including phenoxy) is 1. The van der Waals surface area contributed by atoms with E-state index >= 15 is 0 Å². The zero-order valence-corrected chi connectivity index (χ0v) is 10.2. The van der Waals surface area contributed by atoms with Crippen LogP contribution in [0.25, 0.3) is 0 Å². The third kappa shape index (κ3) is 3.00. The molecule has 0 atom stereocenters. The van der Waals surface area contributed by atoms with E-state index in [0.717, 1.165) is 36.9 Å². The first-order chi connectivity index (χ1) is 7.18. The molecule has 15 heavy (non-hydrogen) atoms. The van der Waals surface area contributed by atoms with Gasteiger partial charge in [0.25, 0.3) is 0 Å². The van der Waals surface area contributed by atoms with E-state index in [0.29, 0.717) is 0 Å². The quantitative estimate of drug-likeness (QED) is 0.893. The molecular formula is C11H15BrN2O. The highest BCUT2D eigenvalue weighted by Gasteiger charge is 2.28. The molecule has 1 aliphatic heterocycles. The minimum Gasteiger partial charge on any atom is -0.381 e. The van der Waals surface area contributed by atoms with Gasteiger partial charge in [0.05, 0.1) is 0 Å². The van der Waals surface area contributed by atoms with Gasteiger partial charge in [-0.2, -0.15) is 0 Å². The summed E-state index contributed by atoms with van der Waals surface area (Å²) >= 11 is 3.42. The van der Waals surface area contributed by atoms with E-state index < -0.39 is 0 Å². The normalized spacial score (nSPS) is 20.1. The van der Waals surface area contributed by atoms with Gasteiger partial charge in [0.1, 0.15) is 0 Å². The minimum absolute atomic E-state index is 0.110. The zero-order valence-electron chi connectivity index (χ0n) is 8.58. The number of pyridine rings is 1. The van der Waals surface area contributed by atoms with E-state index in [2.05, 4.69) is 27.0 Å². The van der Waals surface area contributed by atoms with Crippen LogP contribution in [0.15, 0.2) is 22.9 Å². The fraction of sp³-hybridized carbons (Fsp3) is 0.545. The lowest BCUT2D eigenvalue weighted by Crippen LogP contribution is -2.46. The van der Waals surface area contributed by atoms with Crippen LogP contribution in [0.5, 0.6) is 0 Å². The van der Waals surface area contributed by atoms with Crippen LogP contribution in [0.3, 0.4) is 0 Å². The maximum absolute atomic E-state index is 6.32. The molecule has 1 saturated heterocycles. The summed E-state index contributed by atoms with van der Waals surface area (Å²) in [5, 5.41) is 0. The highest BCUT2D eigenvalue weighted by Crippen LogP contribution is 2.23. The van der Waals surface area contributed by atoms with Crippen LogP contribution in [-0.4, -0.2) is 23.7 Å². The molecule has 4 heteroatoms. The monoisotopic (exact) mass is 270 g/mol. The van der Waals surface area contributed by atoms with Crippen LogP contribution in [0, 0.1) is 0 Å². The molecular weight excluding hydrogens is 256 g/mol. The van der Waals surface area contributed by atoms with Gasteiger partial charge in [0, 0.05) is 35.6 Å². The van der Waals surface area contributed by atoms with E-state index in [-0.39, 0.29) is 5.54 Å². The Morgan fingerprint density at radius 2 is 2.13 bits per heavy atom. The van der Waals surface area contributed by atoms with E-state index in [1.807, 2.05) is 6.20 Å². The van der Waals surface area contributed by atoms with E-state index in [1.54, 1.807) is 6.20 Å². The van der Waals surface area contributed by atoms with Crippen LogP contribution in [0.1, 0.15) is 18.4 Å². The predicted octanol–water partition coefficient (Wildman–Crippen LogP) is 1.89. The molecule has 0 spiro atoms. The summed E-state index contributed by atoms with van der Waals surface area (Å²) < 4.78 is 6.33. The topological polar surface area (TPSA) is 48.1 Å². The van der Waals surface area contributed by atoms with Crippen molar-refractivity contribution in [3.05, 3.63) is 28.5 Å². The Morgan fingerprint density at radius 3 is 2.80 bits per heavy atom. The van der Waals surface area contributed by atoms with Gasteiger partial charge in [-0.1, -0.05) is 0 Å². The van der Waals surface area contributed by atoms with Crippen molar-refractivity contribution in [1.82, 2.24) is 4.98 Å². The van der Waals surface area contributed by atoms with Gasteiger partial charge in [-0.15, -0.1) is 0 Å². The molecule has 0 aromatic carbocycles. The van der Waals surface area contributed by atoms with Gasteiger partial charge in [0.15, 0.2) is 0 Å². The first-order valence-corrected chi connectivity index (χ1v) is 5.93. The molecule has 0 amide bonds. The highest BCUT2D eigenvalue weighted by molar-refractivity contribution is 9.10. The van der Waals surface area contributed by atoms with Crippen molar-refractivity contribution in [2.75, 3.05) is 13.2 Å². The number of aromatic nitrogens is 1. The Hall–Kier alpha value is -0.450. The van der Waals surface area contributed by atoms with Crippen molar-refractivity contribution in [3.63, 3.8) is 0 Å². The summed E-state index contributed by atoms with van der Waals surface area (Å²) in [6.07, 6.45) is 6.41. The van der Waals surface area contributed by atoms with Gasteiger partial charge >= 0.3 is 0 Å². The molecule has 3 nitrogen and oxygen atoms in total. The third-order valence-electron chi connectivity index (χ3n) is 2.81. The van der Waals surface area contributed by atoms with Gasteiger partial charge < -0.3 is 10.5 Å². The van der Waals surface area contributed by atoms with Gasteiger partial charge in [-0.3, -0.25) is 4.98 Å². The van der Waals surface area contributed by atoms with Crippen molar-refractivity contribution in [3.8, 4) is 0 Å². The summed E-state index contributed by atoms with van der Waals surface area (Å²) in [7, 11) is 0. The van der Waals surface area contributed by atoms with Gasteiger partial charge in [-0.05, 0) is 46.8 Å².